The van der Waals surface area contributed by atoms with Crippen LogP contribution in [0.1, 0.15) is 25.5 Å². The molecule has 0 aliphatic heterocycles. The number of pyridine rings is 1. The van der Waals surface area contributed by atoms with E-state index in [9.17, 15) is 0 Å². The molecule has 0 fully saturated rings. The fraction of sp³-hybridized carbons (Fsp3) is 0.231. The van der Waals surface area contributed by atoms with Gasteiger partial charge < -0.3 is 7.43 Å². The van der Waals surface area contributed by atoms with Crippen molar-refractivity contribution in [2.45, 2.75) is 19.8 Å². The van der Waals surface area contributed by atoms with Crippen LogP contribution in [0, 0.1) is 7.43 Å². The Bertz CT molecular complexity index is 424. The normalized spacial score (nSPS) is 9.53. The molecular formula is C13H16NY-. The molecule has 2 heteroatoms. The maximum atomic E-state index is 4.57. The number of hydrogen-bond donors (Lipinski definition) is 0. The molecule has 1 radical (unpaired) electrons. The van der Waals surface area contributed by atoms with Crippen LogP contribution in [-0.4, -0.2) is 4.98 Å². The molecule has 1 heterocycles. The van der Waals surface area contributed by atoms with E-state index >= 15 is 0 Å². The predicted molar refractivity (Wildman–Crippen MR) is 62.2 cm³/mol. The molecule has 15 heavy (non-hydrogen) atoms. The van der Waals surface area contributed by atoms with E-state index in [4.69, 9.17) is 0 Å². The summed E-state index contributed by atoms with van der Waals surface area (Å²) in [4.78, 5) is 4.57. The molecule has 0 aliphatic carbocycles. The first-order valence-corrected chi connectivity index (χ1v) is 4.63. The Morgan fingerprint density at radius 1 is 1.00 bits per heavy atom. The Kier molecular flexibility index (Phi) is 6.23. The minimum atomic E-state index is 0. The van der Waals surface area contributed by atoms with E-state index in [0.29, 0.717) is 5.92 Å². The van der Waals surface area contributed by atoms with Gasteiger partial charge in [-0.3, -0.25) is 4.98 Å². The van der Waals surface area contributed by atoms with Gasteiger partial charge in [0.2, 0.25) is 0 Å². The maximum absolute atomic E-state index is 4.57. The number of nitrogens with zero attached hydrogens (tertiary/aromatic N) is 1. The van der Waals surface area contributed by atoms with Gasteiger partial charge in [-0.15, -0.1) is 0 Å². The molecule has 2 rings (SSSR count). The quantitative estimate of drug-likeness (QED) is 0.721. The molecule has 0 amide bonds. The second-order valence-corrected chi connectivity index (χ2v) is 3.58. The first-order chi connectivity index (χ1) is 6.27. The third kappa shape index (κ3) is 3.36. The van der Waals surface area contributed by atoms with Crippen molar-refractivity contribution in [1.82, 2.24) is 4.98 Å². The molecule has 0 spiro atoms. The van der Waals surface area contributed by atoms with Gasteiger partial charge in [0.05, 0.1) is 5.52 Å². The molecule has 2 aromatic rings. The summed E-state index contributed by atoms with van der Waals surface area (Å²) in [6, 6.07) is 12.5. The minimum Gasteiger partial charge on any atom is -0.358 e. The van der Waals surface area contributed by atoms with Gasteiger partial charge in [-0.25, -0.2) is 0 Å². The molecule has 0 saturated heterocycles. The monoisotopic (exact) mass is 275 g/mol. The van der Waals surface area contributed by atoms with Gasteiger partial charge in [0.1, 0.15) is 0 Å². The summed E-state index contributed by atoms with van der Waals surface area (Å²) in [5.41, 5.74) is 2.26. The zero-order chi connectivity index (χ0) is 9.26. The number of hydrogen-bond acceptors (Lipinski definition) is 1. The van der Waals surface area contributed by atoms with E-state index < -0.39 is 0 Å². The third-order valence-electron chi connectivity index (χ3n) is 2.21. The molecule has 0 atom stereocenters. The van der Waals surface area contributed by atoms with E-state index in [1.54, 1.807) is 0 Å². The standard InChI is InChI=1S/C12H13N.CH3.Y/c1-9(2)11-8-7-10-5-3-4-6-12(10)13-11;;/h3-9H,1-2H3;1H3;/q;-1;. The van der Waals surface area contributed by atoms with E-state index in [1.807, 2.05) is 12.1 Å². The van der Waals surface area contributed by atoms with Crippen LogP contribution < -0.4 is 0 Å². The average molecular weight is 275 g/mol. The van der Waals surface area contributed by atoms with Crippen molar-refractivity contribution in [2.24, 2.45) is 0 Å². The third-order valence-corrected chi connectivity index (χ3v) is 2.21. The Labute approximate surface area is 117 Å². The van der Waals surface area contributed by atoms with Crippen molar-refractivity contribution < 1.29 is 32.7 Å². The number of aromatic nitrogens is 1. The van der Waals surface area contributed by atoms with Gasteiger partial charge in [0.15, 0.2) is 0 Å². The molecule has 1 nitrogen and oxygen atoms in total. The number of para-hydroxylation sites is 1. The first kappa shape index (κ1) is 14.7. The van der Waals surface area contributed by atoms with Crippen LogP contribution in [0.15, 0.2) is 36.4 Å². The van der Waals surface area contributed by atoms with Crippen molar-refractivity contribution >= 4 is 10.9 Å². The molecular weight excluding hydrogens is 259 g/mol. The van der Waals surface area contributed by atoms with E-state index in [0.717, 1.165) is 5.52 Å². The molecule has 77 valence electrons. The fourth-order valence-electron chi connectivity index (χ4n) is 1.40. The Hall–Kier alpha value is -0.266. The summed E-state index contributed by atoms with van der Waals surface area (Å²) >= 11 is 0. The van der Waals surface area contributed by atoms with Crippen molar-refractivity contribution in [2.75, 3.05) is 0 Å². The minimum absolute atomic E-state index is 0. The first-order valence-electron chi connectivity index (χ1n) is 4.63. The maximum Gasteiger partial charge on any atom is 0.0705 e. The van der Waals surface area contributed by atoms with Crippen molar-refractivity contribution in [3.63, 3.8) is 0 Å². The summed E-state index contributed by atoms with van der Waals surface area (Å²) in [6.07, 6.45) is 0. The van der Waals surface area contributed by atoms with Crippen molar-refractivity contribution in [3.05, 3.63) is 49.5 Å². The zero-order valence-electron chi connectivity index (χ0n) is 9.57. The molecule has 1 aromatic carbocycles. The van der Waals surface area contributed by atoms with Gasteiger partial charge in [-0.05, 0) is 18.1 Å². The summed E-state index contributed by atoms with van der Waals surface area (Å²) in [5.74, 6) is 0.504. The molecule has 0 aliphatic rings. The largest absolute Gasteiger partial charge is 0.358 e. The Balaban J connectivity index is 0.000000980. The topological polar surface area (TPSA) is 12.9 Å². The van der Waals surface area contributed by atoms with Gasteiger partial charge in [-0.2, -0.15) is 0 Å². The SMILES string of the molecule is CC(C)c1ccc2ccccc2n1.[CH3-].[Y]. The van der Waals surface area contributed by atoms with Gasteiger partial charge in [-0.1, -0.05) is 38.1 Å². The van der Waals surface area contributed by atoms with Crippen molar-refractivity contribution in [1.29, 1.82) is 0 Å². The van der Waals surface area contributed by atoms with Gasteiger partial charge in [0.25, 0.3) is 0 Å². The zero-order valence-corrected chi connectivity index (χ0v) is 12.4. The summed E-state index contributed by atoms with van der Waals surface area (Å²) in [5, 5.41) is 1.21. The Morgan fingerprint density at radius 2 is 1.67 bits per heavy atom. The molecule has 0 saturated carbocycles. The van der Waals surface area contributed by atoms with Crippen LogP contribution in [0.5, 0.6) is 0 Å². The molecule has 1 aromatic heterocycles. The Morgan fingerprint density at radius 3 is 2.33 bits per heavy atom. The van der Waals surface area contributed by atoms with Crippen LogP contribution in [0.2, 0.25) is 0 Å². The summed E-state index contributed by atoms with van der Waals surface area (Å²) < 4.78 is 0. The van der Waals surface area contributed by atoms with E-state index in [1.165, 1.54) is 11.1 Å². The second-order valence-electron chi connectivity index (χ2n) is 3.58. The van der Waals surface area contributed by atoms with Crippen LogP contribution in [0.25, 0.3) is 10.9 Å². The van der Waals surface area contributed by atoms with Gasteiger partial charge in [0, 0.05) is 43.8 Å². The number of fused-ring (bicyclic) bond motifs is 1. The smallest absolute Gasteiger partial charge is 0.0705 e. The summed E-state index contributed by atoms with van der Waals surface area (Å²) in [7, 11) is 0. The second kappa shape index (κ2) is 6.35. The average Bonchev–Trinajstić information content (AvgIpc) is 2.17. The van der Waals surface area contributed by atoms with Gasteiger partial charge >= 0.3 is 0 Å². The molecule has 0 bridgehead atoms. The van der Waals surface area contributed by atoms with Crippen LogP contribution >= 0.6 is 0 Å². The van der Waals surface area contributed by atoms with Crippen LogP contribution in [0.3, 0.4) is 0 Å². The van der Waals surface area contributed by atoms with Crippen LogP contribution in [0.4, 0.5) is 0 Å². The predicted octanol–water partition coefficient (Wildman–Crippen LogP) is 3.81. The van der Waals surface area contributed by atoms with Crippen molar-refractivity contribution in [3.8, 4) is 0 Å². The summed E-state index contributed by atoms with van der Waals surface area (Å²) in [6.45, 7) is 4.33. The molecule has 0 unspecified atom stereocenters. The van der Waals surface area contributed by atoms with E-state index in [-0.39, 0.29) is 40.1 Å². The fourth-order valence-corrected chi connectivity index (χ4v) is 1.40. The number of rotatable bonds is 1. The van der Waals surface area contributed by atoms with Crippen LogP contribution in [-0.2, 0) is 32.7 Å². The van der Waals surface area contributed by atoms with E-state index in [2.05, 4.69) is 43.1 Å². The number of benzene rings is 1. The molecule has 0 N–H and O–H groups in total.